The minimum atomic E-state index is -1.19. The molecule has 0 radical (unpaired) electrons. The molecule has 0 spiro atoms. The van der Waals surface area contributed by atoms with Crippen LogP contribution in [0.25, 0.3) is 0 Å². The Balaban J connectivity index is 1.98. The van der Waals surface area contributed by atoms with E-state index in [9.17, 15) is 9.59 Å². The molecule has 5 heteroatoms. The van der Waals surface area contributed by atoms with E-state index in [1.165, 1.54) is 10.6 Å². The minimum absolute atomic E-state index is 0.193. The second-order valence-electron chi connectivity index (χ2n) is 4.68. The van der Waals surface area contributed by atoms with E-state index < -0.39 is 11.5 Å². The van der Waals surface area contributed by atoms with Crippen LogP contribution in [0.1, 0.15) is 22.3 Å². The molecule has 0 fully saturated rings. The second kappa shape index (κ2) is 6.74. The first kappa shape index (κ1) is 14.8. The summed E-state index contributed by atoms with van der Waals surface area (Å²) in [4.78, 5) is 22.8. The van der Waals surface area contributed by atoms with Crippen molar-refractivity contribution in [3.8, 4) is 5.75 Å². The van der Waals surface area contributed by atoms with Gasteiger partial charge in [-0.3, -0.25) is 4.79 Å². The van der Waals surface area contributed by atoms with Gasteiger partial charge in [-0.2, -0.15) is 0 Å². The number of hydrogen-bond donors (Lipinski definition) is 1. The van der Waals surface area contributed by atoms with Crippen LogP contribution in [0.3, 0.4) is 0 Å². The van der Waals surface area contributed by atoms with Gasteiger partial charge in [0.25, 0.3) is 5.56 Å². The quantitative estimate of drug-likeness (QED) is 0.884. The van der Waals surface area contributed by atoms with Gasteiger partial charge in [-0.15, -0.1) is 0 Å². The van der Waals surface area contributed by atoms with Crippen molar-refractivity contribution in [2.75, 3.05) is 7.11 Å². The average Bonchev–Trinajstić information content (AvgIpc) is 2.49. The monoisotopic (exact) mass is 287 g/mol. The van der Waals surface area contributed by atoms with Crippen molar-refractivity contribution in [3.63, 3.8) is 0 Å². The van der Waals surface area contributed by atoms with E-state index >= 15 is 0 Å². The minimum Gasteiger partial charge on any atom is -0.497 e. The van der Waals surface area contributed by atoms with E-state index in [-0.39, 0.29) is 5.56 Å². The van der Waals surface area contributed by atoms with Crippen molar-refractivity contribution in [1.82, 2.24) is 4.57 Å². The lowest BCUT2D eigenvalue weighted by molar-refractivity contribution is 0.0694. The van der Waals surface area contributed by atoms with E-state index in [2.05, 4.69) is 0 Å². The van der Waals surface area contributed by atoms with Gasteiger partial charge in [0.05, 0.1) is 7.11 Å². The van der Waals surface area contributed by atoms with E-state index in [0.717, 1.165) is 24.2 Å². The summed E-state index contributed by atoms with van der Waals surface area (Å²) in [6, 6.07) is 10.7. The summed E-state index contributed by atoms with van der Waals surface area (Å²) in [5, 5.41) is 8.92. The smallest absolute Gasteiger partial charge is 0.341 e. The van der Waals surface area contributed by atoms with Gasteiger partial charge in [0.15, 0.2) is 0 Å². The largest absolute Gasteiger partial charge is 0.497 e. The fourth-order valence-electron chi connectivity index (χ4n) is 2.12. The van der Waals surface area contributed by atoms with Gasteiger partial charge in [-0.1, -0.05) is 12.1 Å². The summed E-state index contributed by atoms with van der Waals surface area (Å²) < 4.78 is 6.53. The van der Waals surface area contributed by atoms with Crippen molar-refractivity contribution in [2.24, 2.45) is 0 Å². The molecular formula is C16H17NO4. The number of aromatic carboxylic acids is 1. The number of benzene rings is 1. The zero-order valence-electron chi connectivity index (χ0n) is 11.8. The first-order chi connectivity index (χ1) is 10.1. The van der Waals surface area contributed by atoms with Gasteiger partial charge in [-0.25, -0.2) is 4.79 Å². The molecule has 0 aliphatic rings. The number of aromatic nitrogens is 1. The van der Waals surface area contributed by atoms with Crippen LogP contribution in [0.4, 0.5) is 0 Å². The van der Waals surface area contributed by atoms with E-state index in [0.29, 0.717) is 6.54 Å². The molecule has 1 aromatic carbocycles. The van der Waals surface area contributed by atoms with Gasteiger partial charge in [0.1, 0.15) is 11.3 Å². The Morgan fingerprint density at radius 3 is 2.57 bits per heavy atom. The molecule has 2 aromatic rings. The van der Waals surface area contributed by atoms with Crippen LogP contribution in [0, 0.1) is 0 Å². The lowest BCUT2D eigenvalue weighted by Gasteiger charge is -2.07. The number of methoxy groups -OCH3 is 1. The third kappa shape index (κ3) is 3.72. The maximum absolute atomic E-state index is 11.9. The number of carbonyl (C=O) groups is 1. The maximum Gasteiger partial charge on any atom is 0.341 e. The van der Waals surface area contributed by atoms with Gasteiger partial charge in [0, 0.05) is 12.7 Å². The molecule has 0 bridgehead atoms. The van der Waals surface area contributed by atoms with Crippen LogP contribution in [0.5, 0.6) is 5.75 Å². The van der Waals surface area contributed by atoms with Crippen LogP contribution >= 0.6 is 0 Å². The Morgan fingerprint density at radius 2 is 1.95 bits per heavy atom. The molecule has 0 unspecified atom stereocenters. The number of aryl methyl sites for hydroxylation is 2. The first-order valence-electron chi connectivity index (χ1n) is 6.67. The summed E-state index contributed by atoms with van der Waals surface area (Å²) in [6.45, 7) is 0.492. The van der Waals surface area contributed by atoms with Crippen LogP contribution in [0.2, 0.25) is 0 Å². The molecular weight excluding hydrogens is 270 g/mol. The predicted molar refractivity (Wildman–Crippen MR) is 79.0 cm³/mol. The Labute approximate surface area is 122 Å². The molecule has 0 amide bonds. The SMILES string of the molecule is COc1ccc(CCCn2cccc(C(=O)O)c2=O)cc1. The molecule has 0 aliphatic heterocycles. The number of pyridine rings is 1. The predicted octanol–water partition coefficient (Wildman–Crippen LogP) is 2.19. The molecule has 21 heavy (non-hydrogen) atoms. The molecule has 2 rings (SSSR count). The van der Waals surface area contributed by atoms with E-state index in [1.807, 2.05) is 24.3 Å². The standard InChI is InChI=1S/C16H17NO4/c1-21-13-8-6-12(7-9-13)4-2-10-17-11-3-5-14(15(17)18)16(19)20/h3,5-9,11H,2,4,10H2,1H3,(H,19,20). The molecule has 110 valence electrons. The Kier molecular flexibility index (Phi) is 4.77. The van der Waals surface area contributed by atoms with Gasteiger partial charge >= 0.3 is 5.97 Å². The number of carboxylic acid groups (broad SMARTS) is 1. The maximum atomic E-state index is 11.9. The van der Waals surface area contributed by atoms with Crippen molar-refractivity contribution < 1.29 is 14.6 Å². The number of hydrogen-bond acceptors (Lipinski definition) is 3. The van der Waals surface area contributed by atoms with E-state index in [4.69, 9.17) is 9.84 Å². The molecule has 0 saturated carbocycles. The summed E-state index contributed by atoms with van der Waals surface area (Å²) in [5.74, 6) is -0.381. The highest BCUT2D eigenvalue weighted by atomic mass is 16.5. The first-order valence-corrected chi connectivity index (χ1v) is 6.67. The number of rotatable bonds is 6. The number of ether oxygens (including phenoxy) is 1. The van der Waals surface area contributed by atoms with Gasteiger partial charge in [0.2, 0.25) is 0 Å². The number of nitrogens with zero attached hydrogens (tertiary/aromatic N) is 1. The highest BCUT2D eigenvalue weighted by Crippen LogP contribution is 2.12. The fraction of sp³-hybridized carbons (Fsp3) is 0.250. The number of carboxylic acids is 1. The highest BCUT2D eigenvalue weighted by Gasteiger charge is 2.09. The molecule has 1 heterocycles. The molecule has 0 aliphatic carbocycles. The summed E-state index contributed by atoms with van der Waals surface area (Å²) >= 11 is 0. The molecule has 5 nitrogen and oxygen atoms in total. The van der Waals surface area contributed by atoms with Gasteiger partial charge in [-0.05, 0) is 42.7 Å². The third-order valence-corrected chi connectivity index (χ3v) is 3.27. The van der Waals surface area contributed by atoms with Crippen LogP contribution in [0.15, 0.2) is 47.4 Å². The second-order valence-corrected chi connectivity index (χ2v) is 4.68. The van der Waals surface area contributed by atoms with Crippen molar-refractivity contribution in [1.29, 1.82) is 0 Å². The van der Waals surface area contributed by atoms with Gasteiger partial charge < -0.3 is 14.4 Å². The lowest BCUT2D eigenvalue weighted by Crippen LogP contribution is -2.25. The van der Waals surface area contributed by atoms with Crippen molar-refractivity contribution in [2.45, 2.75) is 19.4 Å². The Bertz CT molecular complexity index is 673. The Morgan fingerprint density at radius 1 is 1.24 bits per heavy atom. The van der Waals surface area contributed by atoms with Crippen molar-refractivity contribution in [3.05, 3.63) is 64.1 Å². The third-order valence-electron chi connectivity index (χ3n) is 3.27. The molecule has 0 saturated heterocycles. The van der Waals surface area contributed by atoms with Crippen LogP contribution in [-0.2, 0) is 13.0 Å². The normalized spacial score (nSPS) is 10.3. The van der Waals surface area contributed by atoms with Crippen molar-refractivity contribution >= 4 is 5.97 Å². The van der Waals surface area contributed by atoms with E-state index in [1.54, 1.807) is 19.4 Å². The topological polar surface area (TPSA) is 68.5 Å². The zero-order chi connectivity index (χ0) is 15.2. The van der Waals surface area contributed by atoms with Crippen LogP contribution in [-0.4, -0.2) is 22.8 Å². The fourth-order valence-corrected chi connectivity index (χ4v) is 2.12. The molecule has 1 N–H and O–H groups in total. The average molecular weight is 287 g/mol. The molecule has 1 aromatic heterocycles. The Hall–Kier alpha value is -2.56. The summed E-state index contributed by atoms with van der Waals surface area (Å²) in [5.41, 5.74) is 0.500. The summed E-state index contributed by atoms with van der Waals surface area (Å²) in [6.07, 6.45) is 3.19. The summed E-state index contributed by atoms with van der Waals surface area (Å²) in [7, 11) is 1.62. The van der Waals surface area contributed by atoms with Crippen LogP contribution < -0.4 is 10.3 Å². The lowest BCUT2D eigenvalue weighted by atomic mass is 10.1. The molecule has 0 atom stereocenters. The highest BCUT2D eigenvalue weighted by molar-refractivity contribution is 5.86. The zero-order valence-corrected chi connectivity index (χ0v) is 11.8.